The number of aryl methyl sites for hydroxylation is 1. The van der Waals surface area contributed by atoms with Crippen LogP contribution in [0.1, 0.15) is 16.3 Å². The van der Waals surface area contributed by atoms with Gasteiger partial charge in [0, 0.05) is 11.5 Å². The fourth-order valence-electron chi connectivity index (χ4n) is 2.32. The number of furan rings is 1. The second kappa shape index (κ2) is 9.00. The minimum atomic E-state index is -0.190. The molecule has 0 saturated heterocycles. The number of benzene rings is 1. The maximum absolute atomic E-state index is 12.0. The highest BCUT2D eigenvalue weighted by atomic mass is 32.1. The lowest BCUT2D eigenvalue weighted by atomic mass is 10.2. The van der Waals surface area contributed by atoms with Gasteiger partial charge in [0.2, 0.25) is 5.91 Å². The predicted octanol–water partition coefficient (Wildman–Crippen LogP) is 4.61. The lowest BCUT2D eigenvalue weighted by molar-refractivity contribution is -0.116. The number of carbonyl (C=O) groups excluding carboxylic acids is 1. The van der Waals surface area contributed by atoms with E-state index >= 15 is 0 Å². The lowest BCUT2D eigenvalue weighted by Crippen LogP contribution is -2.19. The predicted molar refractivity (Wildman–Crippen MR) is 108 cm³/mol. The molecule has 0 bridgehead atoms. The van der Waals surface area contributed by atoms with Crippen LogP contribution in [0.5, 0.6) is 5.75 Å². The zero-order valence-corrected chi connectivity index (χ0v) is 15.8. The second-order valence-electron chi connectivity index (χ2n) is 5.74. The first-order valence-electron chi connectivity index (χ1n) is 8.45. The molecule has 0 saturated carbocycles. The molecule has 3 aromatic rings. The Bertz CT molecular complexity index is 939. The first-order chi connectivity index (χ1) is 13.1. The van der Waals surface area contributed by atoms with Crippen LogP contribution in [0.4, 0.5) is 0 Å². The van der Waals surface area contributed by atoms with Crippen LogP contribution in [0.15, 0.2) is 64.9 Å². The molecule has 2 aromatic heterocycles. The number of nitrogens with zero attached hydrogens (tertiary/aromatic N) is 1. The second-order valence-corrected chi connectivity index (χ2v) is 6.80. The number of hydrogen-bond acceptors (Lipinski definition) is 5. The van der Waals surface area contributed by atoms with Crippen molar-refractivity contribution in [1.82, 2.24) is 10.3 Å². The van der Waals surface area contributed by atoms with Crippen molar-refractivity contribution < 1.29 is 13.9 Å². The normalized spacial score (nSPS) is 10.9. The molecule has 0 aliphatic carbocycles. The first-order valence-corrected chi connectivity index (χ1v) is 9.33. The van der Waals surface area contributed by atoms with E-state index in [-0.39, 0.29) is 5.91 Å². The number of ether oxygens (including phenoxy) is 1. The van der Waals surface area contributed by atoms with E-state index in [1.54, 1.807) is 23.5 Å². The Morgan fingerprint density at radius 2 is 2.11 bits per heavy atom. The van der Waals surface area contributed by atoms with Crippen molar-refractivity contribution in [2.24, 2.45) is 0 Å². The van der Waals surface area contributed by atoms with Gasteiger partial charge in [0.05, 0.1) is 11.6 Å². The summed E-state index contributed by atoms with van der Waals surface area (Å²) in [6.07, 6.45) is 4.93. The van der Waals surface area contributed by atoms with Gasteiger partial charge < -0.3 is 14.5 Å². The third-order valence-corrected chi connectivity index (χ3v) is 4.42. The summed E-state index contributed by atoms with van der Waals surface area (Å²) in [5.74, 6) is 1.96. The molecule has 0 fully saturated rings. The Labute approximate surface area is 162 Å². The fraction of sp³-hybridized carbons (Fsp3) is 0.143. The van der Waals surface area contributed by atoms with E-state index in [4.69, 9.17) is 9.15 Å². The number of hydrogen-bond donors (Lipinski definition) is 1. The molecule has 0 unspecified atom stereocenters. The van der Waals surface area contributed by atoms with Gasteiger partial charge in [-0.3, -0.25) is 4.79 Å². The van der Waals surface area contributed by atoms with Crippen molar-refractivity contribution in [3.63, 3.8) is 0 Å². The maximum Gasteiger partial charge on any atom is 0.244 e. The summed E-state index contributed by atoms with van der Waals surface area (Å²) in [4.78, 5) is 16.4. The zero-order chi connectivity index (χ0) is 19.1. The molecule has 0 radical (unpaired) electrons. The van der Waals surface area contributed by atoms with E-state index in [0.717, 1.165) is 22.0 Å². The fourth-order valence-corrected chi connectivity index (χ4v) is 2.92. The average molecular weight is 380 g/mol. The number of aromatic nitrogens is 1. The Kier molecular flexibility index (Phi) is 6.22. The van der Waals surface area contributed by atoms with E-state index in [0.29, 0.717) is 24.7 Å². The average Bonchev–Trinajstić information content (AvgIpc) is 3.32. The quantitative estimate of drug-likeness (QED) is 0.458. The summed E-state index contributed by atoms with van der Waals surface area (Å²) < 4.78 is 11.1. The third-order valence-electron chi connectivity index (χ3n) is 3.65. The lowest BCUT2D eigenvalue weighted by Gasteiger charge is -2.03. The highest BCUT2D eigenvalue weighted by molar-refractivity contribution is 7.09. The Balaban J connectivity index is 1.50. The van der Waals surface area contributed by atoms with E-state index in [1.807, 2.05) is 48.7 Å². The molecule has 27 heavy (non-hydrogen) atoms. The van der Waals surface area contributed by atoms with Crippen LogP contribution in [0.2, 0.25) is 0 Å². The summed E-state index contributed by atoms with van der Waals surface area (Å²) in [6, 6.07) is 11.2. The monoisotopic (exact) mass is 380 g/mol. The van der Waals surface area contributed by atoms with Gasteiger partial charge >= 0.3 is 0 Å². The minimum absolute atomic E-state index is 0.190. The Hall–Kier alpha value is -3.12. The molecular weight excluding hydrogens is 360 g/mol. The van der Waals surface area contributed by atoms with Gasteiger partial charge in [-0.2, -0.15) is 0 Å². The summed E-state index contributed by atoms with van der Waals surface area (Å²) in [7, 11) is 0. The first kappa shape index (κ1) is 18.7. The van der Waals surface area contributed by atoms with Crippen molar-refractivity contribution in [2.45, 2.75) is 13.5 Å². The van der Waals surface area contributed by atoms with Gasteiger partial charge in [-0.05, 0) is 42.8 Å². The van der Waals surface area contributed by atoms with Gasteiger partial charge in [-0.1, -0.05) is 24.8 Å². The van der Waals surface area contributed by atoms with Gasteiger partial charge in [-0.15, -0.1) is 11.3 Å². The Morgan fingerprint density at radius 1 is 1.30 bits per heavy atom. The topological polar surface area (TPSA) is 64.4 Å². The number of nitrogens with one attached hydrogen (secondary N) is 1. The minimum Gasteiger partial charge on any atom is -0.490 e. The van der Waals surface area contributed by atoms with Crippen LogP contribution >= 0.6 is 11.3 Å². The molecule has 0 spiro atoms. The molecule has 0 aliphatic heterocycles. The van der Waals surface area contributed by atoms with Crippen molar-refractivity contribution >= 4 is 23.3 Å². The van der Waals surface area contributed by atoms with E-state index < -0.39 is 0 Å². The number of thiazole rings is 1. The molecule has 1 aromatic carbocycles. The highest BCUT2D eigenvalue weighted by Gasteiger charge is 2.08. The SMILES string of the molecule is C=CCOc1ccc(/C=C/C(=O)NCc2ccc(-c3csc(C)n3)o2)cc1. The van der Waals surface area contributed by atoms with Crippen molar-refractivity contribution in [3.05, 3.63) is 76.8 Å². The molecule has 5 nitrogen and oxygen atoms in total. The van der Waals surface area contributed by atoms with Crippen LogP contribution < -0.4 is 10.1 Å². The van der Waals surface area contributed by atoms with Crippen LogP contribution in [0.3, 0.4) is 0 Å². The van der Waals surface area contributed by atoms with E-state index in [2.05, 4.69) is 16.9 Å². The van der Waals surface area contributed by atoms with Crippen LogP contribution in [0, 0.1) is 6.92 Å². The Morgan fingerprint density at radius 3 is 2.81 bits per heavy atom. The summed E-state index contributed by atoms with van der Waals surface area (Å²) in [6.45, 7) is 6.35. The summed E-state index contributed by atoms with van der Waals surface area (Å²) in [5.41, 5.74) is 1.73. The van der Waals surface area contributed by atoms with Gasteiger partial charge in [0.25, 0.3) is 0 Å². The molecule has 0 aliphatic rings. The molecular formula is C21H20N2O3S. The molecule has 3 rings (SSSR count). The van der Waals surface area contributed by atoms with Crippen LogP contribution in [-0.4, -0.2) is 17.5 Å². The molecule has 2 heterocycles. The highest BCUT2D eigenvalue weighted by Crippen LogP contribution is 2.23. The van der Waals surface area contributed by atoms with Gasteiger partial charge in [0.15, 0.2) is 5.76 Å². The number of rotatable bonds is 8. The van der Waals surface area contributed by atoms with Crippen molar-refractivity contribution in [2.75, 3.05) is 6.61 Å². The molecule has 138 valence electrons. The molecule has 6 heteroatoms. The van der Waals surface area contributed by atoms with Crippen LogP contribution in [-0.2, 0) is 11.3 Å². The maximum atomic E-state index is 12.0. The summed E-state index contributed by atoms with van der Waals surface area (Å²) in [5, 5.41) is 5.74. The molecule has 0 atom stereocenters. The van der Waals surface area contributed by atoms with E-state index in [9.17, 15) is 4.79 Å². The van der Waals surface area contributed by atoms with E-state index in [1.165, 1.54) is 6.08 Å². The number of amides is 1. The smallest absolute Gasteiger partial charge is 0.244 e. The standard InChI is InChI=1S/C21H20N2O3S/c1-3-12-25-17-7-4-16(5-8-17)6-11-21(24)22-13-18-9-10-20(26-18)19-14-27-15(2)23-19/h3-11,14H,1,12-13H2,2H3,(H,22,24)/b11-6+. The molecule has 1 N–H and O–H groups in total. The number of carbonyl (C=O) groups is 1. The van der Waals surface area contributed by atoms with Crippen molar-refractivity contribution in [3.8, 4) is 17.2 Å². The van der Waals surface area contributed by atoms with Gasteiger partial charge in [0.1, 0.15) is 23.8 Å². The zero-order valence-electron chi connectivity index (χ0n) is 15.0. The summed E-state index contributed by atoms with van der Waals surface area (Å²) >= 11 is 1.57. The van der Waals surface area contributed by atoms with Crippen LogP contribution in [0.25, 0.3) is 17.5 Å². The van der Waals surface area contributed by atoms with Gasteiger partial charge in [-0.25, -0.2) is 4.98 Å². The van der Waals surface area contributed by atoms with Crippen molar-refractivity contribution in [1.29, 1.82) is 0 Å². The molecule has 1 amide bonds. The third kappa shape index (κ3) is 5.43. The largest absolute Gasteiger partial charge is 0.490 e.